The van der Waals surface area contributed by atoms with E-state index >= 15 is 0 Å². The number of hydrogen-bond acceptors (Lipinski definition) is 4. The molecule has 0 spiro atoms. The molecule has 0 saturated heterocycles. The maximum absolute atomic E-state index is 4.83. The number of nitrogens with two attached hydrogens (primary N) is 1. The fraction of sp³-hybridized carbons (Fsp3) is 0. The number of rotatable bonds is 1. The van der Waals surface area contributed by atoms with Crippen molar-refractivity contribution in [2.75, 3.05) is 0 Å². The molecule has 0 aromatic rings. The van der Waals surface area contributed by atoms with E-state index in [0.29, 0.717) is 0 Å². The molecule has 0 atom stereocenters. The Hall–Kier alpha value is 1.83. The van der Waals surface area contributed by atoms with Crippen molar-refractivity contribution >= 4 is 56.9 Å². The molecule has 0 fully saturated rings. The van der Waals surface area contributed by atoms with E-state index in [-0.39, 0.29) is 24.4 Å². The minimum absolute atomic E-state index is 0. The predicted octanol–water partition coefficient (Wildman–Crippen LogP) is -0.0976. The molecule has 0 aliphatic carbocycles. The van der Waals surface area contributed by atoms with Gasteiger partial charge in [0.2, 0.25) is 0 Å². The molecule has 5 heavy (non-hydrogen) atoms. The van der Waals surface area contributed by atoms with Gasteiger partial charge in [-0.1, -0.05) is 11.7 Å². The summed E-state index contributed by atoms with van der Waals surface area (Å²) in [5.41, 5.74) is 0. The van der Waals surface area contributed by atoms with E-state index in [9.17, 15) is 0 Å². The monoisotopic (exact) mass is 237 g/mol. The van der Waals surface area contributed by atoms with Crippen LogP contribution in [0.2, 0.25) is 0 Å². The van der Waals surface area contributed by atoms with Gasteiger partial charge >= 0.3 is 24.4 Å². The van der Waals surface area contributed by atoms with Gasteiger partial charge < -0.3 is 0 Å². The molecular weight excluding hydrogens is 232 g/mol. The summed E-state index contributed by atoms with van der Waals surface area (Å²) >= 11 is 3.68. The van der Waals surface area contributed by atoms with Crippen LogP contribution in [0.1, 0.15) is 0 Å². The molecule has 2 N–H and O–H groups in total. The van der Waals surface area contributed by atoms with Crippen molar-refractivity contribution in [3.63, 3.8) is 0 Å². The first-order valence-corrected chi connectivity index (χ1v) is 3.85. The molecule has 0 aromatic carbocycles. The van der Waals surface area contributed by atoms with Crippen molar-refractivity contribution in [1.29, 1.82) is 0 Å². The summed E-state index contributed by atoms with van der Waals surface area (Å²) in [6.07, 6.45) is 0. The van der Waals surface area contributed by atoms with Crippen molar-refractivity contribution in [3.8, 4) is 0 Å². The normalized spacial score (nSPS) is 6.00. The van der Waals surface area contributed by atoms with Gasteiger partial charge in [0.15, 0.2) is 0 Å². The van der Waals surface area contributed by atoms with Crippen LogP contribution >= 0.6 is 32.5 Å². The Kier molecular flexibility index (Phi) is 18.4. The van der Waals surface area contributed by atoms with Crippen LogP contribution in [-0.2, 0) is 0 Å². The fourth-order valence-electron chi connectivity index (χ4n) is 0. The topological polar surface area (TPSA) is 26.0 Å². The zero-order chi connectivity index (χ0) is 3.41. The predicted molar refractivity (Wildman–Crippen MR) is 38.3 cm³/mol. The van der Waals surface area contributed by atoms with E-state index in [1.807, 2.05) is 0 Å². The second-order valence-electron chi connectivity index (χ2n) is 0.171. The minimum atomic E-state index is 0. The molecule has 0 unspecified atom stereocenters. The van der Waals surface area contributed by atoms with Gasteiger partial charge in [-0.05, 0) is 20.8 Å². The van der Waals surface area contributed by atoms with Crippen molar-refractivity contribution in [2.45, 2.75) is 0 Å². The van der Waals surface area contributed by atoms with Crippen molar-refractivity contribution in [3.05, 3.63) is 0 Å². The van der Waals surface area contributed by atoms with Gasteiger partial charge in [0, 0.05) is 0 Å². The van der Waals surface area contributed by atoms with Gasteiger partial charge in [-0.15, -0.1) is 0 Å². The second kappa shape index (κ2) is 9.27. The molecule has 5 heteroatoms. The zero-order valence-corrected chi connectivity index (χ0v) is 9.11. The van der Waals surface area contributed by atoms with Crippen molar-refractivity contribution < 1.29 is 0 Å². The van der Waals surface area contributed by atoms with Gasteiger partial charge in [0.1, 0.15) is 0 Å². The van der Waals surface area contributed by atoms with Gasteiger partial charge in [0.05, 0.1) is 0 Å². The molecule has 0 amide bonds. The summed E-state index contributed by atoms with van der Waals surface area (Å²) in [5.74, 6) is 0. The molecule has 0 aromatic heterocycles. The van der Waals surface area contributed by atoms with E-state index < -0.39 is 0 Å². The van der Waals surface area contributed by atoms with E-state index in [2.05, 4.69) is 11.7 Å². The molecule has 34 valence electrons. The van der Waals surface area contributed by atoms with Gasteiger partial charge in [-0.25, -0.2) is 0 Å². The summed E-state index contributed by atoms with van der Waals surface area (Å²) in [6, 6.07) is 0. The molecule has 0 radical (unpaired) electrons. The molecule has 0 aliphatic heterocycles. The zero-order valence-electron chi connectivity index (χ0n) is 2.55. The van der Waals surface area contributed by atoms with Crippen LogP contribution in [0.5, 0.6) is 0 Å². The first-order valence-electron chi connectivity index (χ1n) is 0.585. The number of hydrogen-bond donors (Lipinski definition) is 2. The summed E-state index contributed by atoms with van der Waals surface area (Å²) in [4.78, 5) is 0. The van der Waals surface area contributed by atoms with Crippen LogP contribution in [0.3, 0.4) is 0 Å². The first-order chi connectivity index (χ1) is 1.91. The maximum atomic E-state index is 4.83. The van der Waals surface area contributed by atoms with Crippen LogP contribution in [-0.4, -0.2) is 24.4 Å². The SMILES string of the molecule is NSSS.[SbH3]. The average molecular weight is 238 g/mol. The van der Waals surface area contributed by atoms with Gasteiger partial charge in [-0.2, -0.15) is 0 Å². The summed E-state index contributed by atoms with van der Waals surface area (Å²) in [5, 5.41) is 4.83. The summed E-state index contributed by atoms with van der Waals surface area (Å²) in [6.45, 7) is 0. The summed E-state index contributed by atoms with van der Waals surface area (Å²) < 4.78 is 0. The Morgan fingerprint density at radius 2 is 1.80 bits per heavy atom. The van der Waals surface area contributed by atoms with Crippen molar-refractivity contribution in [1.82, 2.24) is 0 Å². The third kappa shape index (κ3) is 10.7. The van der Waals surface area contributed by atoms with E-state index in [4.69, 9.17) is 5.14 Å². The Bertz CT molecular complexity index is 8.85. The fourth-order valence-corrected chi connectivity index (χ4v) is 0. The Balaban J connectivity index is 0. The van der Waals surface area contributed by atoms with Crippen LogP contribution in [0.25, 0.3) is 0 Å². The van der Waals surface area contributed by atoms with Crippen LogP contribution < -0.4 is 5.14 Å². The standard InChI is InChI=1S/H3NS3.Sb.3H/c1-3-4-2;;;;/h2H,1H2;;;;. The molecule has 1 nitrogen and oxygen atoms in total. The molecule has 0 aliphatic rings. The summed E-state index contributed by atoms with van der Waals surface area (Å²) in [7, 11) is 2.38. The van der Waals surface area contributed by atoms with Crippen LogP contribution in [0, 0.1) is 0 Å². The number of thiol groups is 1. The second-order valence-corrected chi connectivity index (χ2v) is 2.88. The molecule has 0 saturated carbocycles. The van der Waals surface area contributed by atoms with E-state index in [1.165, 1.54) is 9.83 Å². The van der Waals surface area contributed by atoms with E-state index in [1.54, 1.807) is 0 Å². The quantitative estimate of drug-likeness (QED) is 0.289. The molecular formula is H6NS3Sb. The van der Waals surface area contributed by atoms with Crippen molar-refractivity contribution in [2.24, 2.45) is 5.14 Å². The van der Waals surface area contributed by atoms with Crippen LogP contribution in [0.4, 0.5) is 0 Å². The molecule has 0 heterocycles. The Labute approximate surface area is 61.6 Å². The van der Waals surface area contributed by atoms with Gasteiger partial charge in [0.25, 0.3) is 0 Å². The van der Waals surface area contributed by atoms with E-state index in [0.717, 1.165) is 11.0 Å². The van der Waals surface area contributed by atoms with Crippen LogP contribution in [0.15, 0.2) is 0 Å². The Morgan fingerprint density at radius 1 is 1.60 bits per heavy atom. The Morgan fingerprint density at radius 3 is 1.80 bits per heavy atom. The molecule has 0 rings (SSSR count). The molecule has 0 bridgehead atoms. The average Bonchev–Trinajstić information content (AvgIpc) is 1.37. The van der Waals surface area contributed by atoms with Gasteiger partial charge in [-0.3, -0.25) is 5.14 Å². The third-order valence-corrected chi connectivity index (χ3v) is 1.16. The third-order valence-electron chi connectivity index (χ3n) is 0.0430. The first kappa shape index (κ1) is 9.95.